The van der Waals surface area contributed by atoms with E-state index in [0.29, 0.717) is 16.2 Å². The van der Waals surface area contributed by atoms with Crippen LogP contribution in [-0.4, -0.2) is 238 Å². The van der Waals surface area contributed by atoms with Gasteiger partial charge in [0.2, 0.25) is 0 Å². The first-order chi connectivity index (χ1) is 41.8. The van der Waals surface area contributed by atoms with Gasteiger partial charge in [-0.05, 0) is 345 Å². The van der Waals surface area contributed by atoms with Crippen LogP contribution < -0.4 is 0 Å². The minimum Gasteiger partial charge on any atom is -0.301 e. The van der Waals surface area contributed by atoms with E-state index in [1.165, 1.54) is 207 Å². The van der Waals surface area contributed by atoms with Gasteiger partial charge in [-0.25, -0.2) is 0 Å². The molecule has 89 heavy (non-hydrogen) atoms. The zero-order valence-electron chi connectivity index (χ0n) is 64.1. The molecule has 12 aliphatic heterocycles. The fourth-order valence-corrected chi connectivity index (χ4v) is 19.7. The average Bonchev–Trinajstić information content (AvgIpc) is 2.01. The van der Waals surface area contributed by atoms with Crippen molar-refractivity contribution in [3.05, 3.63) is 0 Å². The van der Waals surface area contributed by atoms with Gasteiger partial charge >= 0.3 is 0 Å². The molecule has 10 heteroatoms. The molecular formula is C79H156N10. The Kier molecular flexibility index (Phi) is 28.8. The molecule has 0 aromatic heterocycles. The highest BCUT2D eigenvalue weighted by Gasteiger charge is 2.48. The van der Waals surface area contributed by atoms with E-state index >= 15 is 0 Å². The summed E-state index contributed by atoms with van der Waals surface area (Å²) in [6.45, 7) is 77.6. The summed E-state index contributed by atoms with van der Waals surface area (Å²) in [5.41, 5.74) is 2.11. The van der Waals surface area contributed by atoms with Crippen LogP contribution in [0.2, 0.25) is 0 Å². The molecule has 12 heterocycles. The van der Waals surface area contributed by atoms with Crippen LogP contribution in [0.3, 0.4) is 0 Å². The third-order valence-electron chi connectivity index (χ3n) is 26.7. The zero-order valence-corrected chi connectivity index (χ0v) is 64.1. The van der Waals surface area contributed by atoms with Crippen molar-refractivity contribution in [3.63, 3.8) is 0 Å². The largest absolute Gasteiger partial charge is 0.301 e. The normalized spacial score (nSPS) is 32.1. The lowest BCUT2D eigenvalue weighted by Crippen LogP contribution is -2.62. The fraction of sp³-hybridized carbons (Fsp3) is 1.00. The van der Waals surface area contributed by atoms with E-state index < -0.39 is 0 Å². The lowest BCUT2D eigenvalue weighted by atomic mass is 9.71. The number of fused-ring (bicyclic) bond motifs is 5. The lowest BCUT2D eigenvalue weighted by Gasteiger charge is -2.56. The Labute approximate surface area is 556 Å². The summed E-state index contributed by atoms with van der Waals surface area (Å²) in [5, 5.41) is 0. The Morgan fingerprint density at radius 3 is 0.618 bits per heavy atom. The molecule has 522 valence electrons. The van der Waals surface area contributed by atoms with Gasteiger partial charge in [0.15, 0.2) is 0 Å². The predicted octanol–water partition coefficient (Wildman–Crippen LogP) is 15.6. The zero-order chi connectivity index (χ0) is 65.4. The van der Waals surface area contributed by atoms with E-state index in [2.05, 4.69) is 215 Å². The molecule has 12 rings (SSSR count). The molecule has 3 spiro atoms. The highest BCUT2D eigenvalue weighted by molar-refractivity contribution is 5.03. The summed E-state index contributed by atoms with van der Waals surface area (Å²) in [7, 11) is 0. The van der Waals surface area contributed by atoms with Crippen LogP contribution in [0.15, 0.2) is 0 Å². The Morgan fingerprint density at radius 2 is 0.438 bits per heavy atom. The van der Waals surface area contributed by atoms with Gasteiger partial charge in [-0.1, -0.05) is 27.7 Å². The predicted molar refractivity (Wildman–Crippen MR) is 388 cm³/mol. The van der Waals surface area contributed by atoms with Crippen molar-refractivity contribution >= 4 is 0 Å². The molecule has 12 saturated heterocycles. The summed E-state index contributed by atoms with van der Waals surface area (Å²) in [6, 6.07) is 11.1. The number of rotatable bonds is 12. The molecular weight excluding hydrogens is 1090 g/mol. The third-order valence-corrected chi connectivity index (χ3v) is 26.7. The Balaban J connectivity index is 0.000000152. The summed E-state index contributed by atoms with van der Waals surface area (Å²) in [4.78, 5) is 26.7. The lowest BCUT2D eigenvalue weighted by molar-refractivity contribution is -0.0662. The number of hydrogen-bond acceptors (Lipinski definition) is 10. The quantitative estimate of drug-likeness (QED) is 0.188. The molecule has 0 amide bonds. The van der Waals surface area contributed by atoms with Gasteiger partial charge in [-0.15, -0.1) is 0 Å². The molecule has 0 radical (unpaired) electrons. The Hall–Kier alpha value is -0.400. The highest BCUT2D eigenvalue weighted by atomic mass is 15.3. The molecule has 4 atom stereocenters. The smallest absolute Gasteiger partial charge is 0.0104 e. The average molecular weight is 1250 g/mol. The van der Waals surface area contributed by atoms with Gasteiger partial charge in [0.05, 0.1) is 0 Å². The molecule has 0 aromatic rings. The molecule has 0 N–H and O–H groups in total. The van der Waals surface area contributed by atoms with Crippen LogP contribution >= 0.6 is 0 Å². The van der Waals surface area contributed by atoms with Crippen molar-refractivity contribution < 1.29 is 0 Å². The molecule has 4 unspecified atom stereocenters. The van der Waals surface area contributed by atoms with Crippen LogP contribution in [0.1, 0.15) is 269 Å². The maximum atomic E-state index is 2.79. The summed E-state index contributed by atoms with van der Waals surface area (Å²) >= 11 is 0. The summed E-state index contributed by atoms with van der Waals surface area (Å²) in [6.07, 6.45) is 23.2. The van der Waals surface area contributed by atoms with Crippen LogP contribution in [0.4, 0.5) is 0 Å². The van der Waals surface area contributed by atoms with Gasteiger partial charge in [-0.3, -0.25) is 19.6 Å². The summed E-state index contributed by atoms with van der Waals surface area (Å²) in [5.74, 6) is 5.71. The maximum Gasteiger partial charge on any atom is 0.0104 e. The van der Waals surface area contributed by atoms with Gasteiger partial charge in [0.1, 0.15) is 0 Å². The molecule has 0 aromatic carbocycles. The van der Waals surface area contributed by atoms with Crippen molar-refractivity contribution in [2.75, 3.05) is 105 Å². The van der Waals surface area contributed by atoms with E-state index in [1.54, 1.807) is 0 Å². The van der Waals surface area contributed by atoms with Gasteiger partial charge < -0.3 is 29.4 Å². The molecule has 0 aliphatic carbocycles. The van der Waals surface area contributed by atoms with Crippen molar-refractivity contribution in [1.29, 1.82) is 0 Å². The van der Waals surface area contributed by atoms with E-state index in [0.717, 1.165) is 120 Å². The summed E-state index contributed by atoms with van der Waals surface area (Å²) < 4.78 is 0. The van der Waals surface area contributed by atoms with Crippen LogP contribution in [0.25, 0.3) is 0 Å². The molecule has 0 saturated carbocycles. The Bertz CT molecular complexity index is 1780. The first-order valence-corrected chi connectivity index (χ1v) is 39.3. The monoisotopic (exact) mass is 1250 g/mol. The standard InChI is InChI=1S/C15H30N2.2C13H26N2.2C13H25N.C12H24N2/c1-13(2)16-9-5-15(6-10-16)7-11-17(12-8-15)14(3)4;2*1-11(2)14-7-5-13(6-8-14)9-15(10-13)12(3)4;2*1-9(2)11-7-12-5-6-13(8-11)14(12)10(3)4;1-9(2)13-5-11-7-14(10(3)4)8-12(11)6-13/h13-14H,5-12H2,1-4H3;2*11-12H,5-10H2,1-4H3;2*9-13H,5-8H2,1-4H3;9-12H,5-8H2,1-4H3. The van der Waals surface area contributed by atoms with E-state index in [-0.39, 0.29) is 0 Å². The van der Waals surface area contributed by atoms with E-state index in [1.807, 2.05) is 0 Å². The fourth-order valence-electron chi connectivity index (χ4n) is 19.7. The minimum atomic E-state index is 0.704. The maximum absolute atomic E-state index is 2.79. The highest BCUT2D eigenvalue weighted by Crippen LogP contribution is 2.46. The first kappa shape index (κ1) is 76.0. The van der Waals surface area contributed by atoms with Crippen molar-refractivity contribution in [2.45, 2.75) is 353 Å². The van der Waals surface area contributed by atoms with E-state index in [4.69, 9.17) is 0 Å². The number of nitrogens with zero attached hydrogens (tertiary/aromatic N) is 10. The second-order valence-electron chi connectivity index (χ2n) is 36.4. The molecule has 12 aliphatic rings. The second kappa shape index (κ2) is 33.7. The number of hydrogen-bond donors (Lipinski definition) is 0. The van der Waals surface area contributed by atoms with E-state index in [9.17, 15) is 0 Å². The molecule has 10 nitrogen and oxygen atoms in total. The van der Waals surface area contributed by atoms with Crippen LogP contribution in [-0.2, 0) is 0 Å². The minimum absolute atomic E-state index is 0.704. The van der Waals surface area contributed by atoms with Crippen LogP contribution in [0, 0.1) is 51.8 Å². The van der Waals surface area contributed by atoms with Crippen LogP contribution in [0.5, 0.6) is 0 Å². The van der Waals surface area contributed by atoms with Gasteiger partial charge in [0.25, 0.3) is 0 Å². The van der Waals surface area contributed by atoms with Gasteiger partial charge in [-0.2, -0.15) is 0 Å². The SMILES string of the molecule is CC(C)C1CC2CCC(C1)N2C(C)C.CC(C)C1CC2CCC(C1)N2C(C)C.CC(C)N1CC2CN(C(C)C)CC2C1.CC(C)N1CCC2(CC1)CCN(C(C)C)CC2.CC(C)N1CCC2(CC1)CN(C(C)C)C2.CC(C)N1CCC2(CC1)CN(C(C)C)C2. The first-order valence-electron chi connectivity index (χ1n) is 39.3. The molecule has 4 bridgehead atoms. The van der Waals surface area contributed by atoms with Gasteiger partial charge in [0, 0.05) is 137 Å². The second-order valence-corrected chi connectivity index (χ2v) is 36.4. The topological polar surface area (TPSA) is 32.4 Å². The van der Waals surface area contributed by atoms with Crippen molar-refractivity contribution in [3.8, 4) is 0 Å². The molecule has 12 fully saturated rings. The number of likely N-dealkylation sites (tertiary alicyclic amines) is 8. The Morgan fingerprint density at radius 1 is 0.236 bits per heavy atom. The van der Waals surface area contributed by atoms with Crippen molar-refractivity contribution in [1.82, 2.24) is 49.0 Å². The van der Waals surface area contributed by atoms with Crippen molar-refractivity contribution in [2.24, 2.45) is 51.8 Å². The third kappa shape index (κ3) is 20.4. The number of piperidine rings is 6.